The molecule has 1 atom stereocenters. The number of hydrogen-bond donors (Lipinski definition) is 1. The van der Waals surface area contributed by atoms with Crippen molar-refractivity contribution in [1.29, 1.82) is 0 Å². The molecule has 132 valence electrons. The maximum Gasteiger partial charge on any atom is 0.328 e. The van der Waals surface area contributed by atoms with E-state index in [1.807, 2.05) is 61.5 Å². The number of esters is 1. The number of hydrogen-bond acceptors (Lipinski definition) is 4. The lowest BCUT2D eigenvalue weighted by atomic mass is 10.0. The van der Waals surface area contributed by atoms with Crippen LogP contribution >= 0.6 is 0 Å². The van der Waals surface area contributed by atoms with Crippen molar-refractivity contribution in [3.63, 3.8) is 0 Å². The van der Waals surface area contributed by atoms with Crippen LogP contribution in [0, 0.1) is 6.92 Å². The maximum atomic E-state index is 12.1. The van der Waals surface area contributed by atoms with Crippen LogP contribution in [0.1, 0.15) is 16.7 Å². The first-order valence-corrected chi connectivity index (χ1v) is 8.13. The van der Waals surface area contributed by atoms with Crippen LogP contribution in [0.4, 0.5) is 0 Å². The van der Waals surface area contributed by atoms with E-state index in [9.17, 15) is 9.59 Å². The summed E-state index contributed by atoms with van der Waals surface area (Å²) in [5.74, 6) is -0.820. The van der Waals surface area contributed by atoms with Crippen molar-refractivity contribution in [3.05, 3.63) is 71.3 Å². The monoisotopic (exact) mass is 341 g/mol. The van der Waals surface area contributed by atoms with Gasteiger partial charge in [-0.3, -0.25) is 4.79 Å². The van der Waals surface area contributed by atoms with Gasteiger partial charge < -0.3 is 14.8 Å². The molecule has 0 heterocycles. The minimum Gasteiger partial charge on any atom is -0.467 e. The summed E-state index contributed by atoms with van der Waals surface area (Å²) in [5.41, 5.74) is 3.04. The molecular weight excluding hydrogens is 318 g/mol. The first-order chi connectivity index (χ1) is 12.1. The Morgan fingerprint density at radius 2 is 1.72 bits per heavy atom. The second-order valence-electron chi connectivity index (χ2n) is 5.75. The molecule has 1 amide bonds. The lowest BCUT2D eigenvalue weighted by Gasteiger charge is -2.17. The van der Waals surface area contributed by atoms with Gasteiger partial charge in [0.2, 0.25) is 5.91 Å². The SMILES string of the molecule is COC(=O)[C@H](Cc1ccccc1C)NC(=O)COCc1ccccc1. The van der Waals surface area contributed by atoms with E-state index in [4.69, 9.17) is 9.47 Å². The zero-order valence-electron chi connectivity index (χ0n) is 14.5. The lowest BCUT2D eigenvalue weighted by Crippen LogP contribution is -2.44. The molecule has 0 aliphatic heterocycles. The summed E-state index contributed by atoms with van der Waals surface area (Å²) < 4.78 is 10.2. The predicted molar refractivity (Wildman–Crippen MR) is 94.9 cm³/mol. The number of carbonyl (C=O) groups excluding carboxylic acids is 2. The van der Waals surface area contributed by atoms with Crippen molar-refractivity contribution in [2.45, 2.75) is 26.0 Å². The normalized spacial score (nSPS) is 11.6. The summed E-state index contributed by atoms with van der Waals surface area (Å²) in [6.45, 7) is 2.19. The highest BCUT2D eigenvalue weighted by atomic mass is 16.5. The molecule has 0 aliphatic rings. The van der Waals surface area contributed by atoms with Crippen molar-refractivity contribution in [3.8, 4) is 0 Å². The van der Waals surface area contributed by atoms with Crippen LogP contribution in [0.5, 0.6) is 0 Å². The van der Waals surface area contributed by atoms with Crippen molar-refractivity contribution in [1.82, 2.24) is 5.32 Å². The fraction of sp³-hybridized carbons (Fsp3) is 0.300. The van der Waals surface area contributed by atoms with Crippen LogP contribution in [0.3, 0.4) is 0 Å². The van der Waals surface area contributed by atoms with Crippen LogP contribution in [0.15, 0.2) is 54.6 Å². The highest BCUT2D eigenvalue weighted by Gasteiger charge is 2.22. The van der Waals surface area contributed by atoms with Gasteiger partial charge in [-0.2, -0.15) is 0 Å². The highest BCUT2D eigenvalue weighted by Crippen LogP contribution is 2.10. The summed E-state index contributed by atoms with van der Waals surface area (Å²) >= 11 is 0. The number of nitrogens with one attached hydrogen (secondary N) is 1. The average molecular weight is 341 g/mol. The number of methoxy groups -OCH3 is 1. The Hall–Kier alpha value is -2.66. The Kier molecular flexibility index (Phi) is 7.16. The number of aryl methyl sites for hydroxylation is 1. The Labute approximate surface area is 148 Å². The Morgan fingerprint density at radius 3 is 2.40 bits per heavy atom. The summed E-state index contributed by atoms with van der Waals surface area (Å²) in [7, 11) is 1.31. The molecule has 0 aliphatic carbocycles. The number of amides is 1. The quantitative estimate of drug-likeness (QED) is 0.749. The van der Waals surface area contributed by atoms with Gasteiger partial charge in [0.15, 0.2) is 0 Å². The van der Waals surface area contributed by atoms with Crippen LogP contribution in [-0.2, 0) is 32.1 Å². The molecule has 1 N–H and O–H groups in total. The molecule has 2 aromatic carbocycles. The van der Waals surface area contributed by atoms with E-state index in [0.717, 1.165) is 16.7 Å². The van der Waals surface area contributed by atoms with Gasteiger partial charge in [0.05, 0.1) is 13.7 Å². The molecule has 25 heavy (non-hydrogen) atoms. The molecule has 0 aromatic heterocycles. The lowest BCUT2D eigenvalue weighted by molar-refractivity contribution is -0.145. The molecule has 0 spiro atoms. The molecular formula is C20H23NO4. The Balaban J connectivity index is 1.89. The molecule has 5 heteroatoms. The third-order valence-corrected chi connectivity index (χ3v) is 3.85. The van der Waals surface area contributed by atoms with Gasteiger partial charge in [0.25, 0.3) is 0 Å². The molecule has 0 saturated carbocycles. The second-order valence-corrected chi connectivity index (χ2v) is 5.75. The zero-order chi connectivity index (χ0) is 18.1. The smallest absolute Gasteiger partial charge is 0.328 e. The third kappa shape index (κ3) is 6.04. The Bertz CT molecular complexity index is 700. The van der Waals surface area contributed by atoms with E-state index in [1.165, 1.54) is 7.11 Å². The van der Waals surface area contributed by atoms with Gasteiger partial charge in [-0.1, -0.05) is 54.6 Å². The zero-order valence-corrected chi connectivity index (χ0v) is 14.5. The Morgan fingerprint density at radius 1 is 1.04 bits per heavy atom. The number of carbonyl (C=O) groups is 2. The third-order valence-electron chi connectivity index (χ3n) is 3.85. The summed E-state index contributed by atoms with van der Waals surface area (Å²) in [6, 6.07) is 16.6. The number of benzene rings is 2. The highest BCUT2D eigenvalue weighted by molar-refractivity contribution is 5.85. The van der Waals surface area contributed by atoms with Crippen LogP contribution in [0.2, 0.25) is 0 Å². The molecule has 0 radical (unpaired) electrons. The van der Waals surface area contributed by atoms with Crippen molar-refractivity contribution >= 4 is 11.9 Å². The topological polar surface area (TPSA) is 64.6 Å². The van der Waals surface area contributed by atoms with E-state index in [0.29, 0.717) is 13.0 Å². The van der Waals surface area contributed by atoms with Crippen LogP contribution in [0.25, 0.3) is 0 Å². The van der Waals surface area contributed by atoms with Gasteiger partial charge in [0.1, 0.15) is 12.6 Å². The first kappa shape index (κ1) is 18.7. The van der Waals surface area contributed by atoms with Crippen molar-refractivity contribution < 1.29 is 19.1 Å². The van der Waals surface area contributed by atoms with Crippen molar-refractivity contribution in [2.75, 3.05) is 13.7 Å². The molecule has 2 aromatic rings. The molecule has 5 nitrogen and oxygen atoms in total. The second kappa shape index (κ2) is 9.59. The average Bonchev–Trinajstić information content (AvgIpc) is 2.63. The molecule has 0 fully saturated rings. The van der Waals surface area contributed by atoms with E-state index in [-0.39, 0.29) is 12.5 Å². The summed E-state index contributed by atoms with van der Waals surface area (Å²) in [6.07, 6.45) is 0.379. The van der Waals surface area contributed by atoms with E-state index < -0.39 is 12.0 Å². The first-order valence-electron chi connectivity index (χ1n) is 8.13. The van der Waals surface area contributed by atoms with Crippen LogP contribution < -0.4 is 5.32 Å². The minimum absolute atomic E-state index is 0.115. The van der Waals surface area contributed by atoms with E-state index in [1.54, 1.807) is 0 Å². The number of ether oxygens (including phenoxy) is 2. The summed E-state index contributed by atoms with van der Waals surface area (Å²) in [4.78, 5) is 24.1. The number of rotatable bonds is 8. The standard InChI is InChI=1S/C20H23NO4/c1-15-8-6-7-11-17(15)12-18(20(23)24-2)21-19(22)14-25-13-16-9-4-3-5-10-16/h3-11,18H,12-14H2,1-2H3,(H,21,22)/t18-/m0/s1. The van der Waals surface area contributed by atoms with Gasteiger partial charge >= 0.3 is 5.97 Å². The van der Waals surface area contributed by atoms with E-state index in [2.05, 4.69) is 5.32 Å². The fourth-order valence-electron chi connectivity index (χ4n) is 2.47. The van der Waals surface area contributed by atoms with Gasteiger partial charge in [-0.05, 0) is 23.6 Å². The summed E-state index contributed by atoms with van der Waals surface area (Å²) in [5, 5.41) is 2.69. The van der Waals surface area contributed by atoms with Gasteiger partial charge in [0, 0.05) is 6.42 Å². The van der Waals surface area contributed by atoms with Gasteiger partial charge in [-0.15, -0.1) is 0 Å². The van der Waals surface area contributed by atoms with Crippen molar-refractivity contribution in [2.24, 2.45) is 0 Å². The van der Waals surface area contributed by atoms with Gasteiger partial charge in [-0.25, -0.2) is 4.79 Å². The van der Waals surface area contributed by atoms with E-state index >= 15 is 0 Å². The largest absolute Gasteiger partial charge is 0.467 e. The molecule has 0 saturated heterocycles. The fourth-order valence-corrected chi connectivity index (χ4v) is 2.47. The molecule has 0 bridgehead atoms. The molecule has 0 unspecified atom stereocenters. The predicted octanol–water partition coefficient (Wildman–Crippen LogP) is 2.41. The maximum absolute atomic E-state index is 12.1. The molecule has 2 rings (SSSR count). The minimum atomic E-state index is -0.737. The van der Waals surface area contributed by atoms with Crippen LogP contribution in [-0.4, -0.2) is 31.6 Å².